The molecule has 0 saturated carbocycles. The van der Waals surface area contributed by atoms with E-state index in [0.29, 0.717) is 0 Å². The van der Waals surface area contributed by atoms with Crippen LogP contribution in [0.1, 0.15) is 5.56 Å². The molecule has 1 unspecified atom stereocenters. The quantitative estimate of drug-likeness (QED) is 0.881. The topological polar surface area (TPSA) is 90.6 Å². The Labute approximate surface area is 122 Å². The van der Waals surface area contributed by atoms with Gasteiger partial charge in [0.2, 0.25) is 10.0 Å². The highest BCUT2D eigenvalue weighted by Crippen LogP contribution is 2.26. The molecule has 1 saturated heterocycles. The lowest BCUT2D eigenvalue weighted by Gasteiger charge is -2.33. The number of aliphatic hydroxyl groups is 1. The molecule has 1 N–H and O–H groups in total. The van der Waals surface area contributed by atoms with Gasteiger partial charge >= 0.3 is 0 Å². The van der Waals surface area contributed by atoms with Crippen molar-refractivity contribution in [3.05, 3.63) is 28.8 Å². The predicted molar refractivity (Wildman–Crippen MR) is 71.8 cm³/mol. The van der Waals surface area contributed by atoms with Crippen LogP contribution in [0.4, 0.5) is 0 Å². The number of rotatable bonds is 3. The largest absolute Gasteiger partial charge is 0.395 e. The minimum Gasteiger partial charge on any atom is -0.395 e. The highest BCUT2D eigenvalue weighted by molar-refractivity contribution is 7.89. The van der Waals surface area contributed by atoms with Gasteiger partial charge in [-0.2, -0.15) is 9.57 Å². The van der Waals surface area contributed by atoms with Crippen molar-refractivity contribution in [2.45, 2.75) is 10.9 Å². The first-order valence-corrected chi connectivity index (χ1v) is 7.72. The highest BCUT2D eigenvalue weighted by Gasteiger charge is 2.35. The van der Waals surface area contributed by atoms with E-state index >= 15 is 0 Å². The third-order valence-electron chi connectivity index (χ3n) is 3.04. The van der Waals surface area contributed by atoms with Crippen molar-refractivity contribution >= 4 is 21.6 Å². The van der Waals surface area contributed by atoms with Gasteiger partial charge in [0.1, 0.15) is 11.0 Å². The van der Waals surface area contributed by atoms with Gasteiger partial charge in [0.05, 0.1) is 31.4 Å². The number of hydrogen-bond donors (Lipinski definition) is 1. The molecular formula is C12H13ClN2O4S. The Bertz CT molecular complexity index is 641. The molecule has 108 valence electrons. The summed E-state index contributed by atoms with van der Waals surface area (Å²) in [4.78, 5) is -0.146. The molecule has 8 heteroatoms. The second-order valence-corrected chi connectivity index (χ2v) is 6.57. The summed E-state index contributed by atoms with van der Waals surface area (Å²) in [7, 11) is -3.90. The van der Waals surface area contributed by atoms with E-state index in [1.807, 2.05) is 6.07 Å². The van der Waals surface area contributed by atoms with Gasteiger partial charge in [-0.1, -0.05) is 11.6 Å². The normalized spacial score (nSPS) is 20.6. The Morgan fingerprint density at radius 2 is 2.30 bits per heavy atom. The van der Waals surface area contributed by atoms with Crippen molar-refractivity contribution in [1.29, 1.82) is 5.26 Å². The molecule has 0 amide bonds. The minimum absolute atomic E-state index is 0.0255. The Kier molecular flexibility index (Phi) is 4.62. The molecule has 20 heavy (non-hydrogen) atoms. The number of halogens is 1. The molecule has 0 spiro atoms. The van der Waals surface area contributed by atoms with Crippen molar-refractivity contribution < 1.29 is 18.3 Å². The molecule has 0 radical (unpaired) electrons. The van der Waals surface area contributed by atoms with Crippen LogP contribution in [-0.2, 0) is 14.8 Å². The van der Waals surface area contributed by atoms with Crippen LogP contribution in [0.5, 0.6) is 0 Å². The lowest BCUT2D eigenvalue weighted by atomic mass is 10.2. The zero-order valence-electron chi connectivity index (χ0n) is 10.5. The first-order valence-electron chi connectivity index (χ1n) is 5.91. The van der Waals surface area contributed by atoms with Crippen LogP contribution in [0.15, 0.2) is 23.1 Å². The van der Waals surface area contributed by atoms with Crippen LogP contribution in [0.2, 0.25) is 5.02 Å². The Morgan fingerprint density at radius 1 is 1.55 bits per heavy atom. The van der Waals surface area contributed by atoms with E-state index in [9.17, 15) is 13.5 Å². The lowest BCUT2D eigenvalue weighted by Crippen LogP contribution is -2.50. The summed E-state index contributed by atoms with van der Waals surface area (Å²) >= 11 is 5.82. The van der Waals surface area contributed by atoms with Crippen molar-refractivity contribution in [3.63, 3.8) is 0 Å². The minimum atomic E-state index is -3.90. The Morgan fingerprint density at radius 3 is 2.95 bits per heavy atom. The molecule has 2 rings (SSSR count). The maximum atomic E-state index is 12.6. The molecule has 1 aliphatic heterocycles. The van der Waals surface area contributed by atoms with Gasteiger partial charge in [-0.15, -0.1) is 0 Å². The summed E-state index contributed by atoms with van der Waals surface area (Å²) in [6, 6.07) is 5.26. The van der Waals surface area contributed by atoms with E-state index in [4.69, 9.17) is 21.6 Å². The molecule has 0 bridgehead atoms. The zero-order valence-corrected chi connectivity index (χ0v) is 12.1. The van der Waals surface area contributed by atoms with Crippen LogP contribution in [0.3, 0.4) is 0 Å². The van der Waals surface area contributed by atoms with Crippen LogP contribution in [-0.4, -0.2) is 50.2 Å². The molecule has 6 nitrogen and oxygen atoms in total. The summed E-state index contributed by atoms with van der Waals surface area (Å²) in [5.74, 6) is 0. The number of nitrogens with zero attached hydrogens (tertiary/aromatic N) is 2. The Balaban J connectivity index is 2.49. The summed E-state index contributed by atoms with van der Waals surface area (Å²) in [6.45, 7) is 0.156. The molecule has 1 aromatic carbocycles. The van der Waals surface area contributed by atoms with Crippen LogP contribution in [0.25, 0.3) is 0 Å². The fraction of sp³-hybridized carbons (Fsp3) is 0.417. The highest BCUT2D eigenvalue weighted by atomic mass is 35.5. The van der Waals surface area contributed by atoms with Gasteiger partial charge in [0.25, 0.3) is 0 Å². The van der Waals surface area contributed by atoms with E-state index in [1.165, 1.54) is 18.2 Å². The average molecular weight is 317 g/mol. The van der Waals surface area contributed by atoms with Crippen molar-refractivity contribution in [3.8, 4) is 6.07 Å². The molecular weight excluding hydrogens is 304 g/mol. The second kappa shape index (κ2) is 6.08. The van der Waals surface area contributed by atoms with Crippen LogP contribution < -0.4 is 0 Å². The van der Waals surface area contributed by atoms with Crippen molar-refractivity contribution in [2.75, 3.05) is 26.4 Å². The first kappa shape index (κ1) is 15.2. The van der Waals surface area contributed by atoms with Gasteiger partial charge in [0.15, 0.2) is 0 Å². The number of morpholine rings is 1. The van der Waals surface area contributed by atoms with E-state index < -0.39 is 16.1 Å². The SMILES string of the molecule is N#Cc1ccc(Cl)cc1S(=O)(=O)N1CCOCC1CO. The van der Waals surface area contributed by atoms with Gasteiger partial charge < -0.3 is 9.84 Å². The van der Waals surface area contributed by atoms with E-state index in [1.54, 1.807) is 0 Å². The zero-order chi connectivity index (χ0) is 14.8. The molecule has 1 aromatic rings. The fourth-order valence-corrected chi connectivity index (χ4v) is 4.02. The predicted octanol–water partition coefficient (Wildman–Crippen LogP) is 0.593. The van der Waals surface area contributed by atoms with E-state index in [0.717, 1.165) is 4.31 Å². The molecule has 1 aliphatic rings. The summed E-state index contributed by atoms with van der Waals surface area (Å²) in [6.07, 6.45) is 0. The van der Waals surface area contributed by atoms with Gasteiger partial charge in [-0.25, -0.2) is 8.42 Å². The Hall–Kier alpha value is -1.17. The van der Waals surface area contributed by atoms with Gasteiger partial charge in [-0.3, -0.25) is 0 Å². The molecule has 0 aromatic heterocycles. The second-order valence-electron chi connectivity index (χ2n) is 4.28. The van der Waals surface area contributed by atoms with Crippen molar-refractivity contribution in [1.82, 2.24) is 4.31 Å². The third kappa shape index (κ3) is 2.80. The number of nitriles is 1. The maximum Gasteiger partial charge on any atom is 0.244 e. The van der Waals surface area contributed by atoms with Gasteiger partial charge in [0, 0.05) is 11.6 Å². The van der Waals surface area contributed by atoms with Crippen LogP contribution in [0, 0.1) is 11.3 Å². The molecule has 0 aliphatic carbocycles. The lowest BCUT2D eigenvalue weighted by molar-refractivity contribution is 0.0109. The number of aliphatic hydroxyl groups excluding tert-OH is 1. The number of ether oxygens (including phenoxy) is 1. The summed E-state index contributed by atoms with van der Waals surface area (Å²) in [5, 5.41) is 18.6. The average Bonchev–Trinajstić information content (AvgIpc) is 2.47. The molecule has 1 fully saturated rings. The smallest absolute Gasteiger partial charge is 0.244 e. The van der Waals surface area contributed by atoms with E-state index in [-0.39, 0.29) is 41.8 Å². The molecule has 1 atom stereocenters. The van der Waals surface area contributed by atoms with Crippen LogP contribution >= 0.6 is 11.6 Å². The maximum absolute atomic E-state index is 12.6. The number of sulfonamides is 1. The first-order chi connectivity index (χ1) is 9.50. The molecule has 1 heterocycles. The number of hydrogen-bond acceptors (Lipinski definition) is 5. The summed E-state index contributed by atoms with van der Waals surface area (Å²) < 4.78 is 31.6. The monoisotopic (exact) mass is 316 g/mol. The number of benzene rings is 1. The van der Waals surface area contributed by atoms with E-state index in [2.05, 4.69) is 0 Å². The van der Waals surface area contributed by atoms with Gasteiger partial charge in [-0.05, 0) is 18.2 Å². The van der Waals surface area contributed by atoms with Crippen molar-refractivity contribution in [2.24, 2.45) is 0 Å². The summed E-state index contributed by atoms with van der Waals surface area (Å²) in [5.41, 5.74) is 0.0255. The third-order valence-corrected chi connectivity index (χ3v) is 5.26. The fourth-order valence-electron chi connectivity index (χ4n) is 2.03. The standard InChI is InChI=1S/C12H13ClN2O4S/c13-10-2-1-9(6-14)12(5-10)20(17,18)15-3-4-19-8-11(15)7-16/h1-2,5,11,16H,3-4,7-8H2.